The highest BCUT2D eigenvalue weighted by Crippen LogP contribution is 2.20. The molecule has 0 radical (unpaired) electrons. The minimum absolute atomic E-state index is 0.0171. The van der Waals surface area contributed by atoms with E-state index in [1.807, 2.05) is 44.2 Å². The third kappa shape index (κ3) is 5.22. The first-order valence-corrected chi connectivity index (χ1v) is 8.34. The number of para-hydroxylation sites is 2. The van der Waals surface area contributed by atoms with Gasteiger partial charge in [-0.1, -0.05) is 41.9 Å². The lowest BCUT2D eigenvalue weighted by atomic mass is 10.1. The number of nitrogens with zero attached hydrogens (tertiary/aromatic N) is 1. The van der Waals surface area contributed by atoms with Crippen molar-refractivity contribution in [2.45, 2.75) is 13.8 Å². The molecule has 0 spiro atoms. The number of nitrogens with one attached hydrogen (secondary N) is 2. The van der Waals surface area contributed by atoms with E-state index in [2.05, 4.69) is 10.6 Å². The zero-order valence-electron chi connectivity index (χ0n) is 14.6. The molecule has 6 heteroatoms. The average Bonchev–Trinajstić information content (AvgIpc) is 2.57. The molecule has 132 valence electrons. The maximum Gasteiger partial charge on any atom is 0.243 e. The maximum absolute atomic E-state index is 12.2. The molecule has 0 saturated carbocycles. The Labute approximate surface area is 153 Å². The summed E-state index contributed by atoms with van der Waals surface area (Å²) in [6.07, 6.45) is 0. The van der Waals surface area contributed by atoms with E-state index in [0.29, 0.717) is 10.7 Å². The molecule has 2 aromatic rings. The number of hydrogen-bond donors (Lipinski definition) is 2. The lowest BCUT2D eigenvalue weighted by Crippen LogP contribution is -2.38. The highest BCUT2D eigenvalue weighted by Gasteiger charge is 2.14. The summed E-state index contributed by atoms with van der Waals surface area (Å²) in [7, 11) is 1.60. The summed E-state index contributed by atoms with van der Waals surface area (Å²) in [5.41, 5.74) is 3.46. The molecule has 0 aromatic heterocycles. The van der Waals surface area contributed by atoms with Gasteiger partial charge in [-0.25, -0.2) is 0 Å². The lowest BCUT2D eigenvalue weighted by Gasteiger charge is -2.19. The van der Waals surface area contributed by atoms with Crippen LogP contribution in [0.4, 0.5) is 11.4 Å². The van der Waals surface area contributed by atoms with Crippen LogP contribution in [0.3, 0.4) is 0 Å². The van der Waals surface area contributed by atoms with Crippen LogP contribution in [0.1, 0.15) is 11.1 Å². The van der Waals surface area contributed by atoms with Crippen molar-refractivity contribution in [1.29, 1.82) is 0 Å². The van der Waals surface area contributed by atoms with Crippen LogP contribution in [-0.2, 0) is 9.59 Å². The van der Waals surface area contributed by atoms with Crippen LogP contribution in [0.25, 0.3) is 0 Å². The molecule has 0 fully saturated rings. The van der Waals surface area contributed by atoms with E-state index in [4.69, 9.17) is 11.6 Å². The molecule has 5 nitrogen and oxygen atoms in total. The second-order valence-electron chi connectivity index (χ2n) is 5.90. The molecular formula is C19H22ClN3O2. The van der Waals surface area contributed by atoms with Gasteiger partial charge in [-0.2, -0.15) is 0 Å². The van der Waals surface area contributed by atoms with Crippen molar-refractivity contribution in [3.05, 3.63) is 58.6 Å². The Balaban J connectivity index is 1.88. The molecule has 0 unspecified atom stereocenters. The summed E-state index contributed by atoms with van der Waals surface area (Å²) in [6, 6.07) is 13.0. The molecule has 2 amide bonds. The first-order valence-electron chi connectivity index (χ1n) is 7.97. The van der Waals surface area contributed by atoms with Crippen LogP contribution in [0, 0.1) is 13.8 Å². The number of rotatable bonds is 6. The van der Waals surface area contributed by atoms with Crippen LogP contribution in [0.5, 0.6) is 0 Å². The number of benzene rings is 2. The third-order valence-corrected chi connectivity index (χ3v) is 4.19. The fourth-order valence-corrected chi connectivity index (χ4v) is 2.61. The van der Waals surface area contributed by atoms with Gasteiger partial charge >= 0.3 is 0 Å². The number of amides is 2. The van der Waals surface area contributed by atoms with Crippen LogP contribution >= 0.6 is 11.6 Å². The molecule has 2 rings (SSSR count). The van der Waals surface area contributed by atoms with Gasteiger partial charge in [0.1, 0.15) is 0 Å². The van der Waals surface area contributed by atoms with E-state index >= 15 is 0 Å². The van der Waals surface area contributed by atoms with Crippen molar-refractivity contribution in [2.75, 3.05) is 30.8 Å². The van der Waals surface area contributed by atoms with E-state index in [1.165, 1.54) is 4.90 Å². The highest BCUT2D eigenvalue weighted by atomic mass is 35.5. The monoisotopic (exact) mass is 359 g/mol. The van der Waals surface area contributed by atoms with Crippen LogP contribution < -0.4 is 10.6 Å². The Morgan fingerprint density at radius 1 is 1.04 bits per heavy atom. The summed E-state index contributed by atoms with van der Waals surface area (Å²) < 4.78 is 0. The quantitative estimate of drug-likeness (QED) is 0.830. The molecule has 0 aliphatic carbocycles. The molecule has 2 aromatic carbocycles. The molecule has 0 aliphatic rings. The maximum atomic E-state index is 12.2. The fourth-order valence-electron chi connectivity index (χ4n) is 2.40. The zero-order chi connectivity index (χ0) is 18.4. The number of anilines is 2. The van der Waals surface area contributed by atoms with E-state index in [9.17, 15) is 9.59 Å². The molecule has 0 bridgehead atoms. The number of aryl methyl sites for hydroxylation is 2. The van der Waals surface area contributed by atoms with Crippen molar-refractivity contribution in [1.82, 2.24) is 4.90 Å². The van der Waals surface area contributed by atoms with Gasteiger partial charge in [0.15, 0.2) is 0 Å². The second-order valence-corrected chi connectivity index (χ2v) is 6.31. The van der Waals surface area contributed by atoms with Crippen molar-refractivity contribution in [3.63, 3.8) is 0 Å². The van der Waals surface area contributed by atoms with Gasteiger partial charge in [0.25, 0.3) is 0 Å². The smallest absolute Gasteiger partial charge is 0.243 e. The van der Waals surface area contributed by atoms with E-state index in [1.54, 1.807) is 19.2 Å². The number of likely N-dealkylation sites (N-methyl/N-ethyl adjacent to an activating group) is 1. The van der Waals surface area contributed by atoms with Gasteiger partial charge in [0.2, 0.25) is 11.8 Å². The van der Waals surface area contributed by atoms with Crippen molar-refractivity contribution in [3.8, 4) is 0 Å². The Morgan fingerprint density at radius 2 is 1.68 bits per heavy atom. The lowest BCUT2D eigenvalue weighted by molar-refractivity contribution is -0.131. The van der Waals surface area contributed by atoms with Crippen molar-refractivity contribution >= 4 is 34.8 Å². The van der Waals surface area contributed by atoms with E-state index < -0.39 is 0 Å². The van der Waals surface area contributed by atoms with Gasteiger partial charge in [-0.3, -0.25) is 9.59 Å². The number of carbonyl (C=O) groups excluding carboxylic acids is 2. The number of hydrogen-bond acceptors (Lipinski definition) is 3. The molecule has 0 atom stereocenters. The molecule has 2 N–H and O–H groups in total. The summed E-state index contributed by atoms with van der Waals surface area (Å²) in [4.78, 5) is 25.8. The third-order valence-electron chi connectivity index (χ3n) is 3.86. The molecule has 25 heavy (non-hydrogen) atoms. The van der Waals surface area contributed by atoms with Gasteiger partial charge < -0.3 is 15.5 Å². The molecular weight excluding hydrogens is 338 g/mol. The first kappa shape index (κ1) is 18.8. The fraction of sp³-hybridized carbons (Fsp3) is 0.263. The van der Waals surface area contributed by atoms with Crippen LogP contribution in [-0.4, -0.2) is 36.9 Å². The van der Waals surface area contributed by atoms with Crippen LogP contribution in [0.2, 0.25) is 5.02 Å². The minimum atomic E-state index is -0.231. The van der Waals surface area contributed by atoms with Crippen molar-refractivity contribution < 1.29 is 9.59 Å². The summed E-state index contributed by atoms with van der Waals surface area (Å²) in [5, 5.41) is 6.40. The number of carbonyl (C=O) groups is 2. The van der Waals surface area contributed by atoms with E-state index in [0.717, 1.165) is 16.8 Å². The zero-order valence-corrected chi connectivity index (χ0v) is 15.4. The Hall–Kier alpha value is -2.53. The molecule has 0 heterocycles. The average molecular weight is 360 g/mol. The second kappa shape index (κ2) is 8.53. The molecule has 0 aliphatic heterocycles. The highest BCUT2D eigenvalue weighted by molar-refractivity contribution is 6.33. The number of halogens is 1. The van der Waals surface area contributed by atoms with E-state index in [-0.39, 0.29) is 24.9 Å². The first-order chi connectivity index (χ1) is 11.9. The standard InChI is InChI=1S/C19H22ClN3O2/c1-13-7-6-8-14(2)19(13)22-17(24)12-23(3)18(25)11-21-16-10-5-4-9-15(16)20/h4-10,21H,11-12H2,1-3H3,(H,22,24). The Morgan fingerprint density at radius 3 is 2.32 bits per heavy atom. The normalized spacial score (nSPS) is 10.2. The van der Waals surface area contributed by atoms with Gasteiger partial charge in [0.05, 0.1) is 23.8 Å². The van der Waals surface area contributed by atoms with Gasteiger partial charge in [-0.15, -0.1) is 0 Å². The van der Waals surface area contributed by atoms with Crippen LogP contribution in [0.15, 0.2) is 42.5 Å². The van der Waals surface area contributed by atoms with Gasteiger partial charge in [-0.05, 0) is 37.1 Å². The summed E-state index contributed by atoms with van der Waals surface area (Å²) in [5.74, 6) is -0.428. The Kier molecular flexibility index (Phi) is 6.42. The largest absolute Gasteiger partial charge is 0.375 e. The summed E-state index contributed by atoms with van der Waals surface area (Å²) >= 11 is 6.04. The Bertz CT molecular complexity index is 757. The predicted molar refractivity (Wildman–Crippen MR) is 102 cm³/mol. The minimum Gasteiger partial charge on any atom is -0.375 e. The topological polar surface area (TPSA) is 61.4 Å². The van der Waals surface area contributed by atoms with Crippen molar-refractivity contribution in [2.24, 2.45) is 0 Å². The predicted octanol–water partition coefficient (Wildman–Crippen LogP) is 3.47. The van der Waals surface area contributed by atoms with Gasteiger partial charge in [0, 0.05) is 12.7 Å². The summed E-state index contributed by atoms with van der Waals surface area (Å²) in [6.45, 7) is 3.92. The SMILES string of the molecule is Cc1cccc(C)c1NC(=O)CN(C)C(=O)CNc1ccccc1Cl. The molecule has 0 saturated heterocycles.